The van der Waals surface area contributed by atoms with Crippen molar-refractivity contribution in [1.82, 2.24) is 5.32 Å². The Morgan fingerprint density at radius 3 is 2.78 bits per heavy atom. The molecule has 0 radical (unpaired) electrons. The van der Waals surface area contributed by atoms with Crippen LogP contribution in [-0.2, 0) is 16.0 Å². The quantitative estimate of drug-likeness (QED) is 0.646. The highest BCUT2D eigenvalue weighted by atomic mass is 16.5. The molecule has 0 amide bonds. The second-order valence-corrected chi connectivity index (χ2v) is 3.99. The van der Waals surface area contributed by atoms with Crippen LogP contribution >= 0.6 is 0 Å². The van der Waals surface area contributed by atoms with Gasteiger partial charge in [0.1, 0.15) is 5.75 Å². The molecule has 0 aliphatic rings. The van der Waals surface area contributed by atoms with Crippen LogP contribution in [0.1, 0.15) is 12.0 Å². The minimum atomic E-state index is 0.664. The molecule has 4 heteroatoms. The Bertz CT molecular complexity index is 318. The van der Waals surface area contributed by atoms with Crippen molar-refractivity contribution in [2.45, 2.75) is 13.0 Å². The van der Waals surface area contributed by atoms with Crippen LogP contribution in [0.4, 0.5) is 0 Å². The smallest absolute Gasteiger partial charge is 0.119 e. The molecule has 0 spiro atoms. The molecule has 0 bridgehead atoms. The zero-order valence-corrected chi connectivity index (χ0v) is 11.3. The molecule has 0 unspecified atom stereocenters. The average molecular weight is 253 g/mol. The molecule has 0 fully saturated rings. The first-order chi connectivity index (χ1) is 8.86. The molecule has 18 heavy (non-hydrogen) atoms. The molecule has 0 saturated carbocycles. The maximum Gasteiger partial charge on any atom is 0.119 e. The normalized spacial score (nSPS) is 10.6. The molecule has 0 atom stereocenters. The number of methoxy groups -OCH3 is 2. The fraction of sp³-hybridized carbons (Fsp3) is 0.571. The van der Waals surface area contributed by atoms with Gasteiger partial charge in [0.2, 0.25) is 0 Å². The van der Waals surface area contributed by atoms with E-state index >= 15 is 0 Å². The summed E-state index contributed by atoms with van der Waals surface area (Å²) in [7, 11) is 3.36. The number of ether oxygens (including phenoxy) is 3. The summed E-state index contributed by atoms with van der Waals surface area (Å²) < 4.78 is 15.5. The lowest BCUT2D eigenvalue weighted by atomic mass is 10.2. The molecule has 0 heterocycles. The molecule has 0 aliphatic heterocycles. The Morgan fingerprint density at radius 1 is 1.11 bits per heavy atom. The minimum Gasteiger partial charge on any atom is -0.497 e. The Kier molecular flexibility index (Phi) is 8.21. The Morgan fingerprint density at radius 2 is 2.00 bits per heavy atom. The lowest BCUT2D eigenvalue weighted by Crippen LogP contribution is -2.16. The SMILES string of the molecule is COCCOCCCNCc1cccc(OC)c1. The highest BCUT2D eigenvalue weighted by Gasteiger charge is 1.95. The monoisotopic (exact) mass is 253 g/mol. The van der Waals surface area contributed by atoms with E-state index < -0.39 is 0 Å². The third-order valence-electron chi connectivity index (χ3n) is 2.54. The van der Waals surface area contributed by atoms with E-state index in [0.717, 1.165) is 31.9 Å². The van der Waals surface area contributed by atoms with Crippen LogP contribution in [0.25, 0.3) is 0 Å². The molecule has 1 rings (SSSR count). The van der Waals surface area contributed by atoms with E-state index in [-0.39, 0.29) is 0 Å². The van der Waals surface area contributed by atoms with E-state index in [1.165, 1.54) is 5.56 Å². The summed E-state index contributed by atoms with van der Waals surface area (Å²) in [5, 5.41) is 3.38. The zero-order valence-electron chi connectivity index (χ0n) is 11.3. The average Bonchev–Trinajstić information content (AvgIpc) is 2.42. The van der Waals surface area contributed by atoms with Gasteiger partial charge in [-0.15, -0.1) is 0 Å². The molecule has 0 aromatic heterocycles. The van der Waals surface area contributed by atoms with Crippen LogP contribution in [0.2, 0.25) is 0 Å². The van der Waals surface area contributed by atoms with E-state index in [2.05, 4.69) is 11.4 Å². The van der Waals surface area contributed by atoms with Crippen LogP contribution in [0, 0.1) is 0 Å². The summed E-state index contributed by atoms with van der Waals surface area (Å²) in [4.78, 5) is 0. The molecule has 1 N–H and O–H groups in total. The van der Waals surface area contributed by atoms with Crippen molar-refractivity contribution in [3.8, 4) is 5.75 Å². The van der Waals surface area contributed by atoms with Gasteiger partial charge in [-0.1, -0.05) is 12.1 Å². The van der Waals surface area contributed by atoms with Gasteiger partial charge in [-0.2, -0.15) is 0 Å². The first-order valence-corrected chi connectivity index (χ1v) is 6.27. The third-order valence-corrected chi connectivity index (χ3v) is 2.54. The van der Waals surface area contributed by atoms with Gasteiger partial charge in [0.15, 0.2) is 0 Å². The van der Waals surface area contributed by atoms with Gasteiger partial charge >= 0.3 is 0 Å². The van der Waals surface area contributed by atoms with Gasteiger partial charge in [0.05, 0.1) is 20.3 Å². The predicted octanol–water partition coefficient (Wildman–Crippen LogP) is 1.84. The van der Waals surface area contributed by atoms with Crippen molar-refractivity contribution < 1.29 is 14.2 Å². The van der Waals surface area contributed by atoms with Crippen LogP contribution in [0.5, 0.6) is 5.75 Å². The molecule has 0 saturated heterocycles. The lowest BCUT2D eigenvalue weighted by molar-refractivity contribution is 0.0695. The van der Waals surface area contributed by atoms with E-state index in [1.54, 1.807) is 14.2 Å². The number of nitrogens with one attached hydrogen (secondary N) is 1. The molecule has 102 valence electrons. The van der Waals surface area contributed by atoms with E-state index in [0.29, 0.717) is 13.2 Å². The molecular formula is C14H23NO3. The number of hydrogen-bond donors (Lipinski definition) is 1. The topological polar surface area (TPSA) is 39.7 Å². The van der Waals surface area contributed by atoms with E-state index in [1.807, 2.05) is 18.2 Å². The highest BCUT2D eigenvalue weighted by Crippen LogP contribution is 2.11. The zero-order chi connectivity index (χ0) is 13.1. The summed E-state index contributed by atoms with van der Waals surface area (Å²) in [6.45, 7) is 3.91. The largest absolute Gasteiger partial charge is 0.497 e. The fourth-order valence-electron chi connectivity index (χ4n) is 1.56. The van der Waals surface area contributed by atoms with Gasteiger partial charge in [0, 0.05) is 20.3 Å². The Balaban J connectivity index is 2.03. The van der Waals surface area contributed by atoms with Crippen molar-refractivity contribution in [3.05, 3.63) is 29.8 Å². The molecule has 1 aromatic rings. The van der Waals surface area contributed by atoms with Crippen molar-refractivity contribution in [1.29, 1.82) is 0 Å². The van der Waals surface area contributed by atoms with Crippen LogP contribution in [-0.4, -0.2) is 40.6 Å². The second kappa shape index (κ2) is 9.88. The van der Waals surface area contributed by atoms with Crippen LogP contribution in [0.15, 0.2) is 24.3 Å². The fourth-order valence-corrected chi connectivity index (χ4v) is 1.56. The highest BCUT2D eigenvalue weighted by molar-refractivity contribution is 5.28. The summed E-state index contributed by atoms with van der Waals surface area (Å²) in [6, 6.07) is 8.09. The lowest BCUT2D eigenvalue weighted by Gasteiger charge is -2.07. The van der Waals surface area contributed by atoms with Gasteiger partial charge in [0.25, 0.3) is 0 Å². The van der Waals surface area contributed by atoms with Crippen molar-refractivity contribution in [2.75, 3.05) is 40.6 Å². The minimum absolute atomic E-state index is 0.664. The standard InChI is InChI=1S/C14H23NO3/c1-16-9-10-18-8-4-7-15-12-13-5-3-6-14(11-13)17-2/h3,5-6,11,15H,4,7-10,12H2,1-2H3. The van der Waals surface area contributed by atoms with E-state index in [4.69, 9.17) is 14.2 Å². The third kappa shape index (κ3) is 6.59. The van der Waals surface area contributed by atoms with Gasteiger partial charge in [-0.05, 0) is 30.7 Å². The Labute approximate surface area is 109 Å². The first-order valence-electron chi connectivity index (χ1n) is 6.27. The summed E-state index contributed by atoms with van der Waals surface area (Å²) in [6.07, 6.45) is 1.01. The molecule has 1 aromatic carbocycles. The van der Waals surface area contributed by atoms with Crippen molar-refractivity contribution in [2.24, 2.45) is 0 Å². The van der Waals surface area contributed by atoms with Crippen LogP contribution in [0.3, 0.4) is 0 Å². The predicted molar refractivity (Wildman–Crippen MR) is 72.0 cm³/mol. The molecular weight excluding hydrogens is 230 g/mol. The Hall–Kier alpha value is -1.10. The number of hydrogen-bond acceptors (Lipinski definition) is 4. The molecule has 4 nitrogen and oxygen atoms in total. The summed E-state index contributed by atoms with van der Waals surface area (Å²) >= 11 is 0. The number of rotatable bonds is 10. The first kappa shape index (κ1) is 15.0. The van der Waals surface area contributed by atoms with Crippen LogP contribution < -0.4 is 10.1 Å². The maximum absolute atomic E-state index is 5.38. The van der Waals surface area contributed by atoms with Crippen molar-refractivity contribution >= 4 is 0 Å². The molecule has 0 aliphatic carbocycles. The van der Waals surface area contributed by atoms with E-state index in [9.17, 15) is 0 Å². The summed E-state index contributed by atoms with van der Waals surface area (Å²) in [5.74, 6) is 0.900. The van der Waals surface area contributed by atoms with Gasteiger partial charge in [-0.3, -0.25) is 0 Å². The number of benzene rings is 1. The van der Waals surface area contributed by atoms with Gasteiger partial charge in [-0.25, -0.2) is 0 Å². The maximum atomic E-state index is 5.38. The summed E-state index contributed by atoms with van der Waals surface area (Å²) in [5.41, 5.74) is 1.23. The van der Waals surface area contributed by atoms with Crippen molar-refractivity contribution in [3.63, 3.8) is 0 Å². The second-order valence-electron chi connectivity index (χ2n) is 3.99. The van der Waals surface area contributed by atoms with Gasteiger partial charge < -0.3 is 19.5 Å².